The summed E-state index contributed by atoms with van der Waals surface area (Å²) in [7, 11) is 0. The second-order valence-electron chi connectivity index (χ2n) is 7.66. The fourth-order valence-corrected chi connectivity index (χ4v) is 5.24. The fourth-order valence-electron chi connectivity index (χ4n) is 3.64. The third-order valence-electron chi connectivity index (χ3n) is 5.34. The van der Waals surface area contributed by atoms with Crippen molar-refractivity contribution >= 4 is 33.9 Å². The largest absolute Gasteiger partial charge is 0.435 e. The average molecular weight is 495 g/mol. The molecule has 0 aliphatic carbocycles. The number of ether oxygens (including phenoxy) is 2. The molecular formula is C22H24F2N4O3S2. The highest BCUT2D eigenvalue weighted by atomic mass is 32.1. The van der Waals surface area contributed by atoms with E-state index in [1.54, 1.807) is 18.2 Å². The zero-order chi connectivity index (χ0) is 23.4. The number of aryl methyl sites for hydroxylation is 1. The van der Waals surface area contributed by atoms with Crippen molar-refractivity contribution in [2.45, 2.75) is 32.9 Å². The van der Waals surface area contributed by atoms with E-state index in [0.717, 1.165) is 47.6 Å². The number of amides is 1. The van der Waals surface area contributed by atoms with Crippen LogP contribution in [0.4, 0.5) is 13.9 Å². The van der Waals surface area contributed by atoms with E-state index >= 15 is 0 Å². The third-order valence-corrected chi connectivity index (χ3v) is 7.11. The molecule has 0 bridgehead atoms. The maximum Gasteiger partial charge on any atom is 0.387 e. The Bertz CT molecular complexity index is 1100. The standard InChI is InChI=1S/C22H24F2N4O3S2/c1-13(28-6-8-30-9-7-28)10-19-25-22(33-27-19)26-20(29)17-12-18(32-14(17)2)15-4-3-5-16(11-15)31-21(23)24/h3-5,11-13,21H,6-10H2,1-2H3,(H,25,26,27,29). The number of carbonyl (C=O) groups excluding carboxylic acids is 1. The lowest BCUT2D eigenvalue weighted by atomic mass is 10.1. The molecule has 0 saturated carbocycles. The van der Waals surface area contributed by atoms with Crippen molar-refractivity contribution in [3.05, 3.63) is 46.6 Å². The molecule has 1 N–H and O–H groups in total. The lowest BCUT2D eigenvalue weighted by Crippen LogP contribution is -2.43. The predicted molar refractivity (Wildman–Crippen MR) is 125 cm³/mol. The quantitative estimate of drug-likeness (QED) is 0.490. The number of halogens is 2. The summed E-state index contributed by atoms with van der Waals surface area (Å²) >= 11 is 2.57. The number of carbonyl (C=O) groups is 1. The molecule has 11 heteroatoms. The number of nitrogens with zero attached hydrogens (tertiary/aromatic N) is 3. The van der Waals surface area contributed by atoms with Gasteiger partial charge in [0.05, 0.1) is 18.8 Å². The summed E-state index contributed by atoms with van der Waals surface area (Å²) in [5, 5.41) is 3.28. The summed E-state index contributed by atoms with van der Waals surface area (Å²) in [4.78, 5) is 21.3. The van der Waals surface area contributed by atoms with Gasteiger partial charge in [-0.05, 0) is 37.6 Å². The molecule has 1 atom stereocenters. The highest BCUT2D eigenvalue weighted by Gasteiger charge is 2.20. The van der Waals surface area contributed by atoms with Crippen LogP contribution >= 0.6 is 22.9 Å². The van der Waals surface area contributed by atoms with E-state index in [2.05, 4.69) is 31.2 Å². The van der Waals surface area contributed by atoms with Gasteiger partial charge in [-0.1, -0.05) is 12.1 Å². The maximum absolute atomic E-state index is 12.9. The number of rotatable bonds is 8. The molecule has 1 aliphatic heterocycles. The molecule has 1 amide bonds. The SMILES string of the molecule is Cc1sc(-c2cccc(OC(F)F)c2)cc1C(=O)Nc1nc(CC(C)N2CCOCC2)ns1. The minimum absolute atomic E-state index is 0.0762. The summed E-state index contributed by atoms with van der Waals surface area (Å²) in [6.45, 7) is 4.36. The van der Waals surface area contributed by atoms with Gasteiger partial charge in [0.2, 0.25) is 5.13 Å². The van der Waals surface area contributed by atoms with Gasteiger partial charge < -0.3 is 9.47 Å². The predicted octanol–water partition coefficient (Wildman–Crippen LogP) is 4.69. The van der Waals surface area contributed by atoms with Crippen LogP contribution in [-0.2, 0) is 11.2 Å². The number of benzene rings is 1. The normalized spacial score (nSPS) is 15.5. The van der Waals surface area contributed by atoms with Crippen molar-refractivity contribution in [3.63, 3.8) is 0 Å². The van der Waals surface area contributed by atoms with Crippen LogP contribution in [0.1, 0.15) is 28.0 Å². The molecular weight excluding hydrogens is 470 g/mol. The molecule has 1 unspecified atom stereocenters. The van der Waals surface area contributed by atoms with Crippen LogP contribution in [0.15, 0.2) is 30.3 Å². The third kappa shape index (κ3) is 6.11. The zero-order valence-corrected chi connectivity index (χ0v) is 19.8. The van der Waals surface area contributed by atoms with Gasteiger partial charge in [-0.2, -0.15) is 13.2 Å². The first kappa shape index (κ1) is 23.7. The highest BCUT2D eigenvalue weighted by molar-refractivity contribution is 7.15. The Morgan fingerprint density at radius 3 is 2.85 bits per heavy atom. The summed E-state index contributed by atoms with van der Waals surface area (Å²) in [5.74, 6) is 0.499. The van der Waals surface area contributed by atoms with E-state index in [9.17, 15) is 13.6 Å². The van der Waals surface area contributed by atoms with Gasteiger partial charge in [0.1, 0.15) is 11.6 Å². The molecule has 0 radical (unpaired) electrons. The Morgan fingerprint density at radius 1 is 1.30 bits per heavy atom. The summed E-state index contributed by atoms with van der Waals surface area (Å²) in [5.41, 5.74) is 1.21. The summed E-state index contributed by atoms with van der Waals surface area (Å²) in [6, 6.07) is 8.47. The second-order valence-corrected chi connectivity index (χ2v) is 9.67. The van der Waals surface area contributed by atoms with E-state index < -0.39 is 6.61 Å². The van der Waals surface area contributed by atoms with Crippen molar-refractivity contribution in [1.29, 1.82) is 0 Å². The molecule has 3 heterocycles. The number of morpholine rings is 1. The summed E-state index contributed by atoms with van der Waals surface area (Å²) in [6.07, 6.45) is 0.699. The first-order valence-electron chi connectivity index (χ1n) is 10.5. The molecule has 7 nitrogen and oxygen atoms in total. The fraction of sp³-hybridized carbons (Fsp3) is 0.409. The van der Waals surface area contributed by atoms with Crippen LogP contribution in [0, 0.1) is 6.92 Å². The zero-order valence-electron chi connectivity index (χ0n) is 18.2. The van der Waals surface area contributed by atoms with Crippen LogP contribution in [0.2, 0.25) is 0 Å². The molecule has 1 aromatic carbocycles. The van der Waals surface area contributed by atoms with Gasteiger partial charge in [0.25, 0.3) is 5.91 Å². The smallest absolute Gasteiger partial charge is 0.387 e. The molecule has 3 aromatic rings. The molecule has 176 valence electrons. The van der Waals surface area contributed by atoms with Crippen molar-refractivity contribution in [2.75, 3.05) is 31.6 Å². The number of alkyl halides is 2. The van der Waals surface area contributed by atoms with Crippen molar-refractivity contribution < 1.29 is 23.0 Å². The van der Waals surface area contributed by atoms with E-state index in [-0.39, 0.29) is 11.7 Å². The topological polar surface area (TPSA) is 76.6 Å². The molecule has 0 spiro atoms. The number of aromatic nitrogens is 2. The number of thiophene rings is 1. The number of hydrogen-bond donors (Lipinski definition) is 1. The van der Waals surface area contributed by atoms with Crippen LogP contribution < -0.4 is 10.1 Å². The van der Waals surface area contributed by atoms with Crippen molar-refractivity contribution in [3.8, 4) is 16.2 Å². The Morgan fingerprint density at radius 2 is 2.09 bits per heavy atom. The van der Waals surface area contributed by atoms with Gasteiger partial charge in [0, 0.05) is 46.8 Å². The van der Waals surface area contributed by atoms with Gasteiger partial charge in [0.15, 0.2) is 0 Å². The molecule has 33 heavy (non-hydrogen) atoms. The van der Waals surface area contributed by atoms with E-state index in [1.807, 2.05) is 6.92 Å². The van der Waals surface area contributed by atoms with E-state index in [4.69, 9.17) is 4.74 Å². The maximum atomic E-state index is 12.9. The monoisotopic (exact) mass is 494 g/mol. The van der Waals surface area contributed by atoms with Crippen LogP contribution in [0.5, 0.6) is 5.75 Å². The minimum Gasteiger partial charge on any atom is -0.435 e. The Kier molecular flexibility index (Phi) is 7.63. The second kappa shape index (κ2) is 10.6. The van der Waals surface area contributed by atoms with Gasteiger partial charge >= 0.3 is 6.61 Å². The van der Waals surface area contributed by atoms with E-state index in [0.29, 0.717) is 34.5 Å². The molecule has 1 fully saturated rings. The highest BCUT2D eigenvalue weighted by Crippen LogP contribution is 2.33. The van der Waals surface area contributed by atoms with Gasteiger partial charge in [-0.15, -0.1) is 11.3 Å². The Labute approximate surface area is 198 Å². The minimum atomic E-state index is -2.89. The lowest BCUT2D eigenvalue weighted by molar-refractivity contribution is -0.0498. The molecule has 4 rings (SSSR count). The van der Waals surface area contributed by atoms with Crippen molar-refractivity contribution in [2.24, 2.45) is 0 Å². The molecule has 2 aromatic heterocycles. The molecule has 1 aliphatic rings. The number of anilines is 1. The summed E-state index contributed by atoms with van der Waals surface area (Å²) < 4.78 is 39.3. The Balaban J connectivity index is 1.41. The first-order valence-corrected chi connectivity index (χ1v) is 12.1. The van der Waals surface area contributed by atoms with Crippen molar-refractivity contribution in [1.82, 2.24) is 14.3 Å². The molecule has 1 saturated heterocycles. The average Bonchev–Trinajstić information content (AvgIpc) is 3.40. The number of nitrogens with one attached hydrogen (secondary N) is 1. The van der Waals surface area contributed by atoms with Crippen LogP contribution in [0.3, 0.4) is 0 Å². The van der Waals surface area contributed by atoms with Crippen LogP contribution in [0.25, 0.3) is 10.4 Å². The number of hydrogen-bond acceptors (Lipinski definition) is 8. The van der Waals surface area contributed by atoms with Gasteiger partial charge in [-0.25, -0.2) is 4.98 Å². The lowest BCUT2D eigenvalue weighted by Gasteiger charge is -2.31. The van der Waals surface area contributed by atoms with Crippen LogP contribution in [-0.4, -0.2) is 59.1 Å². The van der Waals surface area contributed by atoms with Gasteiger partial charge in [-0.3, -0.25) is 15.0 Å². The Hall–Kier alpha value is -2.47. The van der Waals surface area contributed by atoms with E-state index in [1.165, 1.54) is 23.5 Å². The first-order chi connectivity index (χ1) is 15.9.